The Morgan fingerprint density at radius 3 is 2.43 bits per heavy atom. The summed E-state index contributed by atoms with van der Waals surface area (Å²) < 4.78 is 0. The lowest BCUT2D eigenvalue weighted by molar-refractivity contribution is -0.121. The summed E-state index contributed by atoms with van der Waals surface area (Å²) in [5.41, 5.74) is 5.32. The molecule has 0 aromatic carbocycles. The Morgan fingerprint density at radius 2 is 2.00 bits per heavy atom. The van der Waals surface area contributed by atoms with Gasteiger partial charge in [0.2, 0.25) is 5.91 Å². The molecule has 1 fully saturated rings. The summed E-state index contributed by atoms with van der Waals surface area (Å²) in [5, 5.41) is 3.29. The molecule has 0 saturated heterocycles. The number of nitrogens with two attached hydrogens (primary N) is 1. The molecule has 0 aromatic heterocycles. The first kappa shape index (κ1) is 11.5. The Bertz CT molecular complexity index is 186. The molecule has 1 aliphatic rings. The first-order valence-corrected chi connectivity index (χ1v) is 5.64. The number of carbonyl (C=O) groups is 1. The van der Waals surface area contributed by atoms with Crippen LogP contribution in [0.4, 0.5) is 0 Å². The van der Waals surface area contributed by atoms with Crippen molar-refractivity contribution in [3.05, 3.63) is 0 Å². The van der Waals surface area contributed by atoms with E-state index in [1.165, 1.54) is 25.7 Å². The van der Waals surface area contributed by atoms with Crippen molar-refractivity contribution in [1.29, 1.82) is 0 Å². The second-order valence-corrected chi connectivity index (χ2v) is 4.68. The van der Waals surface area contributed by atoms with Crippen molar-refractivity contribution in [3.63, 3.8) is 0 Å². The molecular weight excluding hydrogens is 176 g/mol. The number of hydrogen-bond donors (Lipinski definition) is 2. The zero-order chi connectivity index (χ0) is 10.6. The Balaban J connectivity index is 2.28. The summed E-state index contributed by atoms with van der Waals surface area (Å²) in [6.45, 7) is 5.00. The van der Waals surface area contributed by atoms with Crippen LogP contribution in [0.3, 0.4) is 0 Å². The molecule has 3 nitrogen and oxygen atoms in total. The van der Waals surface area contributed by atoms with E-state index in [1.54, 1.807) is 0 Å². The number of nitrogens with one attached hydrogen (secondary N) is 1. The molecule has 0 heterocycles. The SMILES string of the molecule is CC(C)C(NCC1CCCC1)C(N)=O. The van der Waals surface area contributed by atoms with E-state index in [0.717, 1.165) is 12.5 Å². The van der Waals surface area contributed by atoms with Gasteiger partial charge >= 0.3 is 0 Å². The highest BCUT2D eigenvalue weighted by molar-refractivity contribution is 5.80. The summed E-state index contributed by atoms with van der Waals surface area (Å²) in [4.78, 5) is 11.1. The number of carbonyl (C=O) groups excluding carboxylic acids is 1. The van der Waals surface area contributed by atoms with Crippen molar-refractivity contribution in [2.45, 2.75) is 45.6 Å². The van der Waals surface area contributed by atoms with Gasteiger partial charge in [-0.05, 0) is 31.2 Å². The van der Waals surface area contributed by atoms with Crippen LogP contribution < -0.4 is 11.1 Å². The third-order valence-electron chi connectivity index (χ3n) is 3.07. The van der Waals surface area contributed by atoms with Crippen LogP contribution in [0.5, 0.6) is 0 Å². The molecule has 3 heteroatoms. The zero-order valence-electron chi connectivity index (χ0n) is 9.25. The highest BCUT2D eigenvalue weighted by Crippen LogP contribution is 2.23. The Morgan fingerprint density at radius 1 is 1.43 bits per heavy atom. The number of primary amides is 1. The summed E-state index contributed by atoms with van der Waals surface area (Å²) >= 11 is 0. The molecular formula is C11H22N2O. The lowest BCUT2D eigenvalue weighted by Gasteiger charge is -2.21. The Labute approximate surface area is 86.4 Å². The third kappa shape index (κ3) is 3.29. The number of hydrogen-bond acceptors (Lipinski definition) is 2. The van der Waals surface area contributed by atoms with E-state index in [1.807, 2.05) is 13.8 Å². The summed E-state index contributed by atoms with van der Waals surface area (Å²) in [6.07, 6.45) is 5.29. The standard InChI is InChI=1S/C11H22N2O/c1-8(2)10(11(12)14)13-7-9-5-3-4-6-9/h8-10,13H,3-7H2,1-2H3,(H2,12,14). The smallest absolute Gasteiger partial charge is 0.234 e. The second-order valence-electron chi connectivity index (χ2n) is 4.68. The van der Waals surface area contributed by atoms with Crippen LogP contribution in [0.1, 0.15) is 39.5 Å². The summed E-state index contributed by atoms with van der Waals surface area (Å²) in [7, 11) is 0. The van der Waals surface area contributed by atoms with Gasteiger partial charge in [-0.3, -0.25) is 4.79 Å². The van der Waals surface area contributed by atoms with Gasteiger partial charge in [0.1, 0.15) is 0 Å². The monoisotopic (exact) mass is 198 g/mol. The van der Waals surface area contributed by atoms with Crippen molar-refractivity contribution in [2.24, 2.45) is 17.6 Å². The average molecular weight is 198 g/mol. The maximum Gasteiger partial charge on any atom is 0.234 e. The van der Waals surface area contributed by atoms with E-state index in [4.69, 9.17) is 5.73 Å². The molecule has 1 atom stereocenters. The normalized spacial score (nSPS) is 20.2. The number of amides is 1. The molecule has 3 N–H and O–H groups in total. The van der Waals surface area contributed by atoms with E-state index in [-0.39, 0.29) is 17.9 Å². The third-order valence-corrected chi connectivity index (χ3v) is 3.07. The van der Waals surface area contributed by atoms with Crippen LogP contribution in [0.25, 0.3) is 0 Å². The fourth-order valence-electron chi connectivity index (χ4n) is 2.17. The van der Waals surface area contributed by atoms with Gasteiger partial charge in [0.25, 0.3) is 0 Å². The topological polar surface area (TPSA) is 55.1 Å². The van der Waals surface area contributed by atoms with Gasteiger partial charge in [-0.15, -0.1) is 0 Å². The molecule has 0 aromatic rings. The molecule has 82 valence electrons. The van der Waals surface area contributed by atoms with Crippen LogP contribution in [0.15, 0.2) is 0 Å². The Kier molecular flexibility index (Phi) is 4.39. The minimum Gasteiger partial charge on any atom is -0.368 e. The van der Waals surface area contributed by atoms with Crippen LogP contribution in [-0.2, 0) is 4.79 Å². The highest BCUT2D eigenvalue weighted by Gasteiger charge is 2.21. The predicted molar refractivity (Wildman–Crippen MR) is 57.8 cm³/mol. The fraction of sp³-hybridized carbons (Fsp3) is 0.909. The minimum absolute atomic E-state index is 0.157. The van der Waals surface area contributed by atoms with E-state index in [2.05, 4.69) is 5.32 Å². The molecule has 0 spiro atoms. The lowest BCUT2D eigenvalue weighted by atomic mass is 10.0. The second kappa shape index (κ2) is 5.35. The van der Waals surface area contributed by atoms with Gasteiger partial charge < -0.3 is 11.1 Å². The average Bonchev–Trinajstić information content (AvgIpc) is 2.55. The highest BCUT2D eigenvalue weighted by atomic mass is 16.1. The molecule has 0 aliphatic heterocycles. The summed E-state index contributed by atoms with van der Waals surface area (Å²) in [5.74, 6) is 0.822. The molecule has 1 aliphatic carbocycles. The van der Waals surface area contributed by atoms with E-state index in [9.17, 15) is 4.79 Å². The van der Waals surface area contributed by atoms with Gasteiger partial charge in [-0.2, -0.15) is 0 Å². The van der Waals surface area contributed by atoms with Crippen molar-refractivity contribution in [2.75, 3.05) is 6.54 Å². The van der Waals surface area contributed by atoms with Gasteiger partial charge in [0.15, 0.2) is 0 Å². The van der Waals surface area contributed by atoms with Crippen LogP contribution >= 0.6 is 0 Å². The van der Waals surface area contributed by atoms with Gasteiger partial charge in [-0.25, -0.2) is 0 Å². The fourth-order valence-corrected chi connectivity index (χ4v) is 2.17. The van der Waals surface area contributed by atoms with Gasteiger partial charge in [-0.1, -0.05) is 26.7 Å². The van der Waals surface area contributed by atoms with Crippen molar-refractivity contribution in [3.8, 4) is 0 Å². The lowest BCUT2D eigenvalue weighted by Crippen LogP contribution is -2.46. The predicted octanol–water partition coefficient (Wildman–Crippen LogP) is 1.28. The largest absolute Gasteiger partial charge is 0.368 e. The van der Waals surface area contributed by atoms with E-state index >= 15 is 0 Å². The molecule has 1 unspecified atom stereocenters. The molecule has 0 bridgehead atoms. The van der Waals surface area contributed by atoms with Crippen molar-refractivity contribution < 1.29 is 4.79 Å². The summed E-state index contributed by atoms with van der Waals surface area (Å²) in [6, 6.07) is -0.157. The molecule has 0 radical (unpaired) electrons. The maximum absolute atomic E-state index is 11.1. The maximum atomic E-state index is 11.1. The minimum atomic E-state index is -0.224. The molecule has 1 saturated carbocycles. The van der Waals surface area contributed by atoms with Crippen LogP contribution in [0.2, 0.25) is 0 Å². The Hall–Kier alpha value is -0.570. The van der Waals surface area contributed by atoms with Gasteiger partial charge in [0, 0.05) is 0 Å². The molecule has 1 amide bonds. The first-order valence-electron chi connectivity index (χ1n) is 5.64. The van der Waals surface area contributed by atoms with E-state index < -0.39 is 0 Å². The van der Waals surface area contributed by atoms with Crippen LogP contribution in [-0.4, -0.2) is 18.5 Å². The zero-order valence-corrected chi connectivity index (χ0v) is 9.25. The first-order chi connectivity index (χ1) is 6.61. The van der Waals surface area contributed by atoms with E-state index in [0.29, 0.717) is 0 Å². The van der Waals surface area contributed by atoms with Crippen molar-refractivity contribution >= 4 is 5.91 Å². The van der Waals surface area contributed by atoms with Crippen molar-refractivity contribution in [1.82, 2.24) is 5.32 Å². The van der Waals surface area contributed by atoms with Crippen LogP contribution in [0, 0.1) is 11.8 Å². The molecule has 1 rings (SSSR count). The quantitative estimate of drug-likeness (QED) is 0.699. The van der Waals surface area contributed by atoms with Gasteiger partial charge in [0.05, 0.1) is 6.04 Å². The molecule has 14 heavy (non-hydrogen) atoms. The number of rotatable bonds is 5.